The molecule has 24 heavy (non-hydrogen) atoms. The Bertz CT molecular complexity index is 373. The monoisotopic (exact) mass is 471 g/mol. The predicted molar refractivity (Wildman–Crippen MR) is 116 cm³/mol. The molecule has 0 aromatic rings. The van der Waals surface area contributed by atoms with Crippen molar-refractivity contribution in [1.29, 1.82) is 0 Å². The van der Waals surface area contributed by atoms with Gasteiger partial charge in [-0.2, -0.15) is 11.8 Å². The maximum atomic E-state index is 11.8. The number of rotatable bonds is 8. The number of carbonyl (C=O) groups excluding carboxylic acids is 1. The zero-order chi connectivity index (χ0) is 17.1. The third-order valence-electron chi connectivity index (χ3n) is 3.76. The molecule has 6 nitrogen and oxygen atoms in total. The number of hydrogen-bond donors (Lipinski definition) is 2. The lowest BCUT2D eigenvalue weighted by Gasteiger charge is -2.36. The van der Waals surface area contributed by atoms with Crippen LogP contribution in [0.1, 0.15) is 26.7 Å². The van der Waals surface area contributed by atoms with Crippen molar-refractivity contribution < 1.29 is 4.79 Å². The van der Waals surface area contributed by atoms with Crippen LogP contribution in [0.2, 0.25) is 0 Å². The third kappa shape index (κ3) is 9.93. The van der Waals surface area contributed by atoms with Crippen LogP contribution in [0.25, 0.3) is 0 Å². The van der Waals surface area contributed by atoms with Crippen molar-refractivity contribution in [2.75, 3.05) is 58.3 Å². The number of amides is 1. The van der Waals surface area contributed by atoms with Crippen molar-refractivity contribution in [2.24, 2.45) is 4.99 Å². The molecule has 0 bridgehead atoms. The standard InChI is InChI=1S/C16H33N5OS.HI/c1-14(2)19-15(22)13-20-8-10-21(11-9-20)16(17-3)18-7-5-6-12-23-4;/h14H,5-13H2,1-4H3,(H,17,18)(H,19,22);1H. The summed E-state index contributed by atoms with van der Waals surface area (Å²) in [6.45, 7) is 9.09. The largest absolute Gasteiger partial charge is 0.356 e. The van der Waals surface area contributed by atoms with Crippen molar-refractivity contribution in [3.05, 3.63) is 0 Å². The van der Waals surface area contributed by atoms with Crippen molar-refractivity contribution >= 4 is 47.6 Å². The van der Waals surface area contributed by atoms with E-state index in [4.69, 9.17) is 0 Å². The first kappa shape index (κ1) is 23.8. The van der Waals surface area contributed by atoms with Gasteiger partial charge in [-0.25, -0.2) is 0 Å². The minimum atomic E-state index is 0. The SMILES string of the molecule is CN=C(NCCCCSC)N1CCN(CC(=O)NC(C)C)CC1.I. The Balaban J connectivity index is 0.00000529. The highest BCUT2D eigenvalue weighted by atomic mass is 127. The van der Waals surface area contributed by atoms with Gasteiger partial charge in [-0.15, -0.1) is 24.0 Å². The molecule has 0 aromatic carbocycles. The van der Waals surface area contributed by atoms with Crippen LogP contribution in [0.15, 0.2) is 4.99 Å². The number of carbonyl (C=O) groups is 1. The molecule has 0 aromatic heterocycles. The highest BCUT2D eigenvalue weighted by Crippen LogP contribution is 2.03. The molecule has 1 aliphatic rings. The minimum absolute atomic E-state index is 0. The lowest BCUT2D eigenvalue weighted by atomic mass is 10.3. The van der Waals surface area contributed by atoms with E-state index in [1.165, 1.54) is 18.6 Å². The first-order valence-electron chi connectivity index (χ1n) is 8.53. The quantitative estimate of drug-likeness (QED) is 0.243. The van der Waals surface area contributed by atoms with Gasteiger partial charge in [0.2, 0.25) is 5.91 Å². The van der Waals surface area contributed by atoms with E-state index in [1.807, 2.05) is 32.7 Å². The van der Waals surface area contributed by atoms with Gasteiger partial charge in [0.1, 0.15) is 0 Å². The van der Waals surface area contributed by atoms with E-state index in [-0.39, 0.29) is 35.9 Å². The summed E-state index contributed by atoms with van der Waals surface area (Å²) in [5, 5.41) is 6.40. The van der Waals surface area contributed by atoms with Crippen LogP contribution in [0, 0.1) is 0 Å². The summed E-state index contributed by atoms with van der Waals surface area (Å²) >= 11 is 1.90. The van der Waals surface area contributed by atoms with Gasteiger partial charge < -0.3 is 15.5 Å². The van der Waals surface area contributed by atoms with E-state index in [0.717, 1.165) is 38.7 Å². The molecule has 0 spiro atoms. The third-order valence-corrected chi connectivity index (χ3v) is 4.46. The molecule has 0 saturated carbocycles. The van der Waals surface area contributed by atoms with E-state index < -0.39 is 0 Å². The Hall–Kier alpha value is -0.220. The van der Waals surface area contributed by atoms with Gasteiger partial charge in [0, 0.05) is 45.8 Å². The Labute approximate surface area is 168 Å². The van der Waals surface area contributed by atoms with Crippen LogP contribution < -0.4 is 10.6 Å². The summed E-state index contributed by atoms with van der Waals surface area (Å²) < 4.78 is 0. The second-order valence-corrected chi connectivity index (χ2v) is 7.14. The summed E-state index contributed by atoms with van der Waals surface area (Å²) in [7, 11) is 1.84. The first-order chi connectivity index (χ1) is 11.1. The summed E-state index contributed by atoms with van der Waals surface area (Å²) in [5.74, 6) is 2.32. The van der Waals surface area contributed by atoms with Crippen LogP contribution in [0.5, 0.6) is 0 Å². The molecule has 0 unspecified atom stereocenters. The number of unbranched alkanes of at least 4 members (excludes halogenated alkanes) is 1. The minimum Gasteiger partial charge on any atom is -0.356 e. The van der Waals surface area contributed by atoms with Gasteiger partial charge in [0.25, 0.3) is 0 Å². The molecule has 1 saturated heterocycles. The predicted octanol–water partition coefficient (Wildman–Crippen LogP) is 1.47. The summed E-state index contributed by atoms with van der Waals surface area (Å²) in [5.41, 5.74) is 0. The Kier molecular flexibility index (Phi) is 13.9. The van der Waals surface area contributed by atoms with Crippen LogP contribution in [0.3, 0.4) is 0 Å². The number of nitrogens with zero attached hydrogens (tertiary/aromatic N) is 3. The van der Waals surface area contributed by atoms with Gasteiger partial charge in [-0.05, 0) is 38.7 Å². The van der Waals surface area contributed by atoms with E-state index in [0.29, 0.717) is 6.54 Å². The normalized spacial score (nSPS) is 16.0. The molecule has 0 radical (unpaired) electrons. The molecule has 1 amide bonds. The number of hydrogen-bond acceptors (Lipinski definition) is 4. The second kappa shape index (κ2) is 14.0. The molecule has 1 aliphatic heterocycles. The fourth-order valence-corrected chi connectivity index (χ4v) is 3.09. The van der Waals surface area contributed by atoms with Crippen LogP contribution in [-0.4, -0.2) is 86.0 Å². The highest BCUT2D eigenvalue weighted by Gasteiger charge is 2.21. The summed E-state index contributed by atoms with van der Waals surface area (Å²) in [6.07, 6.45) is 4.56. The van der Waals surface area contributed by atoms with Crippen LogP contribution in [0.4, 0.5) is 0 Å². The molecular weight excluding hydrogens is 437 g/mol. The number of piperazine rings is 1. The van der Waals surface area contributed by atoms with Gasteiger partial charge in [0.05, 0.1) is 6.54 Å². The maximum absolute atomic E-state index is 11.8. The number of guanidine groups is 1. The topological polar surface area (TPSA) is 60.0 Å². The van der Waals surface area contributed by atoms with Crippen LogP contribution in [-0.2, 0) is 4.79 Å². The van der Waals surface area contributed by atoms with Gasteiger partial charge >= 0.3 is 0 Å². The Morgan fingerprint density at radius 1 is 1.21 bits per heavy atom. The number of thioether (sulfide) groups is 1. The Morgan fingerprint density at radius 3 is 2.42 bits per heavy atom. The van der Waals surface area contributed by atoms with Crippen molar-refractivity contribution in [2.45, 2.75) is 32.7 Å². The van der Waals surface area contributed by atoms with Crippen molar-refractivity contribution in [3.63, 3.8) is 0 Å². The molecule has 1 rings (SSSR count). The molecular formula is C16H34IN5OS. The van der Waals surface area contributed by atoms with Crippen molar-refractivity contribution in [3.8, 4) is 0 Å². The van der Waals surface area contributed by atoms with E-state index in [1.54, 1.807) is 0 Å². The average molecular weight is 471 g/mol. The number of nitrogens with one attached hydrogen (secondary N) is 2. The summed E-state index contributed by atoms with van der Waals surface area (Å²) in [4.78, 5) is 20.7. The maximum Gasteiger partial charge on any atom is 0.234 e. The molecule has 1 heterocycles. The fourth-order valence-electron chi connectivity index (χ4n) is 2.59. The number of aliphatic imine (C=N–C) groups is 1. The average Bonchev–Trinajstić information content (AvgIpc) is 2.51. The van der Waals surface area contributed by atoms with Gasteiger partial charge in [-0.3, -0.25) is 14.7 Å². The van der Waals surface area contributed by atoms with Crippen LogP contribution >= 0.6 is 35.7 Å². The molecule has 0 atom stereocenters. The zero-order valence-corrected chi connectivity index (χ0v) is 18.7. The lowest BCUT2D eigenvalue weighted by molar-refractivity contribution is -0.123. The Morgan fingerprint density at radius 2 is 1.88 bits per heavy atom. The molecule has 1 fully saturated rings. The molecule has 142 valence electrons. The molecule has 2 N–H and O–H groups in total. The number of halogens is 1. The van der Waals surface area contributed by atoms with E-state index in [9.17, 15) is 4.79 Å². The fraction of sp³-hybridized carbons (Fsp3) is 0.875. The van der Waals surface area contributed by atoms with Crippen molar-refractivity contribution in [1.82, 2.24) is 20.4 Å². The summed E-state index contributed by atoms with van der Waals surface area (Å²) in [6, 6.07) is 0.206. The van der Waals surface area contributed by atoms with Gasteiger partial charge in [0.15, 0.2) is 5.96 Å². The van der Waals surface area contributed by atoms with E-state index in [2.05, 4.69) is 31.7 Å². The highest BCUT2D eigenvalue weighted by molar-refractivity contribution is 14.0. The zero-order valence-electron chi connectivity index (χ0n) is 15.5. The second-order valence-electron chi connectivity index (χ2n) is 6.16. The molecule has 8 heteroatoms. The molecule has 0 aliphatic carbocycles. The lowest BCUT2D eigenvalue weighted by Crippen LogP contribution is -2.54. The first-order valence-corrected chi connectivity index (χ1v) is 9.92. The smallest absolute Gasteiger partial charge is 0.234 e. The van der Waals surface area contributed by atoms with Gasteiger partial charge in [-0.1, -0.05) is 0 Å². The van der Waals surface area contributed by atoms with E-state index >= 15 is 0 Å².